The molecular weight excluding hydrogens is 326 g/mol. The van der Waals surface area contributed by atoms with E-state index in [-0.39, 0.29) is 30.0 Å². The van der Waals surface area contributed by atoms with Crippen molar-refractivity contribution in [3.05, 3.63) is 54.1 Å². The van der Waals surface area contributed by atoms with Gasteiger partial charge in [-0.05, 0) is 12.1 Å². The average Bonchev–Trinajstić information content (AvgIpc) is 3.25. The minimum Gasteiger partial charge on any atom is -0.359 e. The molecule has 1 N–H and O–H groups in total. The van der Waals surface area contributed by atoms with Crippen LogP contribution in [0.2, 0.25) is 0 Å². The Morgan fingerprint density at radius 2 is 1.80 bits per heavy atom. The van der Waals surface area contributed by atoms with E-state index >= 15 is 0 Å². The first-order chi connectivity index (χ1) is 12.0. The van der Waals surface area contributed by atoms with Gasteiger partial charge in [-0.15, -0.1) is 0 Å². The fraction of sp³-hybridized carbons (Fsp3) is 0.188. The maximum atomic E-state index is 12.7. The smallest absolute Gasteiger partial charge is 0.348 e. The molecule has 9 heteroatoms. The molecule has 0 unspecified atom stereocenters. The van der Waals surface area contributed by atoms with Gasteiger partial charge in [0.25, 0.3) is 11.8 Å². The van der Waals surface area contributed by atoms with Gasteiger partial charge in [0.2, 0.25) is 5.91 Å². The maximum Gasteiger partial charge on any atom is 0.348 e. The summed E-state index contributed by atoms with van der Waals surface area (Å²) in [4.78, 5) is 53.3. The molecule has 0 radical (unpaired) electrons. The van der Waals surface area contributed by atoms with Gasteiger partial charge in [0.1, 0.15) is 6.33 Å². The first-order valence-electron chi connectivity index (χ1n) is 7.52. The summed E-state index contributed by atoms with van der Waals surface area (Å²) in [5, 5.41) is 4.17. The third kappa shape index (κ3) is 2.87. The van der Waals surface area contributed by atoms with Crippen molar-refractivity contribution in [1.29, 1.82) is 0 Å². The molecule has 2 heterocycles. The van der Waals surface area contributed by atoms with Crippen LogP contribution in [-0.2, 0) is 4.79 Å². The van der Waals surface area contributed by atoms with Crippen LogP contribution in [0.1, 0.15) is 27.1 Å². The highest BCUT2D eigenvalue weighted by Crippen LogP contribution is 2.24. The molecule has 1 aromatic carbocycles. The van der Waals surface area contributed by atoms with Gasteiger partial charge >= 0.3 is 6.03 Å². The summed E-state index contributed by atoms with van der Waals surface area (Å²) in [5.41, 5.74) is 0.437. The fourth-order valence-electron chi connectivity index (χ4n) is 2.51. The van der Waals surface area contributed by atoms with Crippen molar-refractivity contribution in [2.24, 2.45) is 0 Å². The normalized spacial score (nSPS) is 12.9. The van der Waals surface area contributed by atoms with Gasteiger partial charge in [-0.3, -0.25) is 19.0 Å². The van der Waals surface area contributed by atoms with E-state index < -0.39 is 17.8 Å². The second kappa shape index (κ2) is 6.56. The first-order valence-corrected chi connectivity index (χ1v) is 7.52. The molecule has 3 rings (SSSR count). The van der Waals surface area contributed by atoms with E-state index in [9.17, 15) is 19.2 Å². The summed E-state index contributed by atoms with van der Waals surface area (Å²) in [5.74, 6) is -1.53. The van der Waals surface area contributed by atoms with E-state index in [1.165, 1.54) is 37.9 Å². The number of carbonyl (C=O) groups is 4. The topological polar surface area (TPSA) is 105 Å². The number of amides is 4. The molecule has 2 aromatic rings. The van der Waals surface area contributed by atoms with Crippen molar-refractivity contribution >= 4 is 23.8 Å². The van der Waals surface area contributed by atoms with Gasteiger partial charge in [0.15, 0.2) is 0 Å². The summed E-state index contributed by atoms with van der Waals surface area (Å²) in [6, 6.07) is 5.67. The van der Waals surface area contributed by atoms with Crippen LogP contribution in [0.25, 0.3) is 0 Å². The van der Waals surface area contributed by atoms with Crippen LogP contribution in [-0.4, -0.2) is 56.9 Å². The average molecular weight is 341 g/mol. The van der Waals surface area contributed by atoms with Crippen LogP contribution < -0.4 is 5.32 Å². The Bertz CT molecular complexity index is 811. The van der Waals surface area contributed by atoms with Crippen LogP contribution in [0, 0.1) is 0 Å². The predicted octanol–water partition coefficient (Wildman–Crippen LogP) is 0.500. The summed E-state index contributed by atoms with van der Waals surface area (Å²) in [6.07, 6.45) is 3.99. The van der Waals surface area contributed by atoms with Gasteiger partial charge in [0, 0.05) is 25.9 Å². The number of imidazole rings is 1. The number of fused-ring (bicyclic) bond motifs is 1. The molecule has 1 aliphatic heterocycles. The van der Waals surface area contributed by atoms with Crippen molar-refractivity contribution in [2.75, 3.05) is 13.6 Å². The van der Waals surface area contributed by atoms with E-state index in [4.69, 9.17) is 0 Å². The molecule has 0 saturated carbocycles. The van der Waals surface area contributed by atoms with Crippen LogP contribution in [0.15, 0.2) is 43.0 Å². The van der Waals surface area contributed by atoms with E-state index in [2.05, 4.69) is 10.3 Å². The number of nitrogens with zero attached hydrogens (tertiary/aromatic N) is 4. The van der Waals surface area contributed by atoms with Gasteiger partial charge in [-0.1, -0.05) is 12.1 Å². The largest absolute Gasteiger partial charge is 0.359 e. The molecule has 0 fully saturated rings. The molecular formula is C16H15N5O4. The van der Waals surface area contributed by atoms with E-state index in [1.807, 2.05) is 0 Å². The SMILES string of the molecule is CNC(=O)CCN(C(=O)n1ccnc1)N1C(=O)c2ccccc2C1=O. The molecule has 0 spiro atoms. The van der Waals surface area contributed by atoms with Crippen molar-refractivity contribution < 1.29 is 19.2 Å². The van der Waals surface area contributed by atoms with Gasteiger partial charge < -0.3 is 5.32 Å². The first kappa shape index (κ1) is 16.4. The lowest BCUT2D eigenvalue weighted by atomic mass is 10.1. The Morgan fingerprint density at radius 3 is 2.32 bits per heavy atom. The molecule has 0 saturated heterocycles. The molecule has 4 amide bonds. The number of aromatic nitrogens is 2. The minimum atomic E-state index is -0.657. The molecule has 25 heavy (non-hydrogen) atoms. The van der Waals surface area contributed by atoms with Crippen molar-refractivity contribution in [3.8, 4) is 0 Å². The third-order valence-electron chi connectivity index (χ3n) is 3.79. The van der Waals surface area contributed by atoms with Crippen LogP contribution >= 0.6 is 0 Å². The quantitative estimate of drug-likeness (QED) is 0.816. The lowest BCUT2D eigenvalue weighted by molar-refractivity contribution is -0.121. The standard InChI is InChI=1S/C16H15N5O4/c1-17-13(22)6-8-20(16(25)19-9-7-18-10-19)21-14(23)11-4-2-3-5-12(11)15(21)24/h2-5,7,9-10H,6,8H2,1H3,(H,17,22). The van der Waals surface area contributed by atoms with Crippen molar-refractivity contribution in [1.82, 2.24) is 24.9 Å². The molecule has 0 atom stereocenters. The summed E-state index contributed by atoms with van der Waals surface area (Å²) >= 11 is 0. The summed E-state index contributed by atoms with van der Waals surface area (Å²) in [7, 11) is 1.46. The lowest BCUT2D eigenvalue weighted by Crippen LogP contribution is -2.52. The summed E-state index contributed by atoms with van der Waals surface area (Å²) in [6.45, 7) is -0.137. The fourth-order valence-corrected chi connectivity index (χ4v) is 2.51. The molecule has 0 aliphatic carbocycles. The minimum absolute atomic E-state index is 0.0651. The number of hydrogen-bond acceptors (Lipinski definition) is 5. The lowest BCUT2D eigenvalue weighted by Gasteiger charge is -2.29. The number of benzene rings is 1. The van der Waals surface area contributed by atoms with E-state index in [1.54, 1.807) is 12.1 Å². The van der Waals surface area contributed by atoms with Crippen LogP contribution in [0.3, 0.4) is 0 Å². The Kier molecular flexibility index (Phi) is 4.29. The third-order valence-corrected chi connectivity index (χ3v) is 3.79. The molecule has 1 aromatic heterocycles. The maximum absolute atomic E-state index is 12.7. The highest BCUT2D eigenvalue weighted by Gasteiger charge is 2.41. The number of hydrogen-bond donors (Lipinski definition) is 1. The second-order valence-corrected chi connectivity index (χ2v) is 5.27. The zero-order valence-electron chi connectivity index (χ0n) is 13.4. The highest BCUT2D eigenvalue weighted by atomic mass is 16.2. The molecule has 1 aliphatic rings. The van der Waals surface area contributed by atoms with Crippen molar-refractivity contribution in [3.63, 3.8) is 0 Å². The Hall–Kier alpha value is -3.49. The van der Waals surface area contributed by atoms with E-state index in [0.29, 0.717) is 0 Å². The number of nitrogens with one attached hydrogen (secondary N) is 1. The van der Waals surface area contributed by atoms with Crippen molar-refractivity contribution in [2.45, 2.75) is 6.42 Å². The van der Waals surface area contributed by atoms with Crippen LogP contribution in [0.4, 0.5) is 4.79 Å². The molecule has 128 valence electrons. The number of hydrazine groups is 1. The highest BCUT2D eigenvalue weighted by molar-refractivity contribution is 6.21. The Balaban J connectivity index is 1.94. The zero-order chi connectivity index (χ0) is 18.0. The Labute approximate surface area is 142 Å². The van der Waals surface area contributed by atoms with Crippen LogP contribution in [0.5, 0.6) is 0 Å². The number of rotatable bonds is 4. The van der Waals surface area contributed by atoms with Gasteiger partial charge in [-0.25, -0.2) is 14.8 Å². The second-order valence-electron chi connectivity index (χ2n) is 5.27. The molecule has 0 bridgehead atoms. The number of imide groups is 1. The van der Waals surface area contributed by atoms with E-state index in [0.717, 1.165) is 14.6 Å². The van der Waals surface area contributed by atoms with Gasteiger partial charge in [-0.2, -0.15) is 5.01 Å². The van der Waals surface area contributed by atoms with Gasteiger partial charge in [0.05, 0.1) is 17.7 Å². The zero-order valence-corrected chi connectivity index (χ0v) is 13.4. The monoisotopic (exact) mass is 341 g/mol. The predicted molar refractivity (Wildman–Crippen MR) is 85.4 cm³/mol. The Morgan fingerprint density at radius 1 is 1.16 bits per heavy atom. The number of carbonyl (C=O) groups excluding carboxylic acids is 4. The molecule has 9 nitrogen and oxygen atoms in total. The summed E-state index contributed by atoms with van der Waals surface area (Å²) < 4.78 is 1.13.